The van der Waals surface area contributed by atoms with E-state index < -0.39 is 0 Å². The number of hydrogen-bond acceptors (Lipinski definition) is 3. The van der Waals surface area contributed by atoms with Crippen LogP contribution in [0.5, 0.6) is 0 Å². The van der Waals surface area contributed by atoms with E-state index >= 15 is 0 Å². The lowest BCUT2D eigenvalue weighted by Gasteiger charge is -2.31. The molecule has 0 aromatic heterocycles. The average Bonchev–Trinajstić information content (AvgIpc) is 3.06. The summed E-state index contributed by atoms with van der Waals surface area (Å²) in [4.78, 5) is 15.0. The van der Waals surface area contributed by atoms with Gasteiger partial charge in [-0.05, 0) is 56.5 Å². The molecule has 3 N–H and O–H groups in total. The predicted molar refractivity (Wildman–Crippen MR) is 105 cm³/mol. The zero-order chi connectivity index (χ0) is 16.0. The topological polar surface area (TPSA) is 58.4 Å². The summed E-state index contributed by atoms with van der Waals surface area (Å²) in [6.45, 7) is 7.88. The number of rotatable bonds is 7. The summed E-state index contributed by atoms with van der Waals surface area (Å²) >= 11 is 0. The highest BCUT2D eigenvalue weighted by Crippen LogP contribution is 2.17. The Morgan fingerprint density at radius 1 is 1.21 bits per heavy atom. The molecule has 0 bridgehead atoms. The predicted octanol–water partition coefficient (Wildman–Crippen LogP) is 3.37. The number of nitrogens with one attached hydrogen (secondary N) is 1. The number of likely N-dealkylation sites (tertiary alicyclic amines) is 1. The van der Waals surface area contributed by atoms with E-state index in [1.54, 1.807) is 0 Å². The van der Waals surface area contributed by atoms with Crippen LogP contribution in [0.25, 0.3) is 0 Å². The van der Waals surface area contributed by atoms with Crippen LogP contribution in [-0.4, -0.2) is 36.0 Å². The number of hydrogen-bond donors (Lipinski definition) is 2. The van der Waals surface area contributed by atoms with Gasteiger partial charge < -0.3 is 11.1 Å². The molecule has 0 saturated carbocycles. The van der Waals surface area contributed by atoms with Crippen LogP contribution in [-0.2, 0) is 6.54 Å². The summed E-state index contributed by atoms with van der Waals surface area (Å²) in [6, 6.07) is 7.98. The summed E-state index contributed by atoms with van der Waals surface area (Å²) in [5.74, 6) is -0.0163. The van der Waals surface area contributed by atoms with Gasteiger partial charge in [0.25, 0.3) is 5.91 Å². The monoisotopic (exact) mass is 375 g/mol. The van der Waals surface area contributed by atoms with Crippen LogP contribution < -0.4 is 11.1 Å². The second kappa shape index (κ2) is 10.9. The lowest BCUT2D eigenvalue weighted by atomic mass is 9.92. The van der Waals surface area contributed by atoms with Crippen LogP contribution in [0.2, 0.25) is 0 Å². The molecular weight excluding hydrogens is 345 g/mol. The molecule has 138 valence electrons. The van der Waals surface area contributed by atoms with Gasteiger partial charge in [-0.2, -0.15) is 0 Å². The number of nitrogens with two attached hydrogens (primary N) is 1. The molecule has 0 aliphatic carbocycles. The van der Waals surface area contributed by atoms with Crippen molar-refractivity contribution in [1.82, 2.24) is 10.2 Å². The number of nitrogens with zero attached hydrogens (tertiary/aromatic N) is 1. The standard InChI is InChI=1S/C18H29N3O.2ClH/c1-3-18(4-2,14-19)20-17(22)16-9-7-8-15(12-16)13-21-10-5-6-11-21;;/h7-9,12H,3-6,10-11,13-14,19H2,1-2H3,(H,20,22);2*1H. The summed E-state index contributed by atoms with van der Waals surface area (Å²) in [7, 11) is 0. The molecule has 1 fully saturated rings. The number of amides is 1. The van der Waals surface area contributed by atoms with E-state index in [1.165, 1.54) is 31.5 Å². The third kappa shape index (κ3) is 5.92. The van der Waals surface area contributed by atoms with E-state index in [-0.39, 0.29) is 36.3 Å². The fourth-order valence-electron chi connectivity index (χ4n) is 3.09. The number of carbonyl (C=O) groups excluding carboxylic acids is 1. The maximum Gasteiger partial charge on any atom is 0.251 e. The zero-order valence-electron chi connectivity index (χ0n) is 14.7. The van der Waals surface area contributed by atoms with Crippen molar-refractivity contribution in [2.24, 2.45) is 5.73 Å². The van der Waals surface area contributed by atoms with E-state index in [4.69, 9.17) is 5.73 Å². The molecule has 1 amide bonds. The van der Waals surface area contributed by atoms with Crippen molar-refractivity contribution in [3.8, 4) is 0 Å². The van der Waals surface area contributed by atoms with Crippen molar-refractivity contribution < 1.29 is 4.79 Å². The molecule has 0 unspecified atom stereocenters. The Kier molecular flexibility index (Phi) is 10.6. The van der Waals surface area contributed by atoms with Crippen LogP contribution in [0.1, 0.15) is 55.5 Å². The van der Waals surface area contributed by atoms with Gasteiger partial charge >= 0.3 is 0 Å². The molecule has 0 atom stereocenters. The van der Waals surface area contributed by atoms with Crippen LogP contribution in [0.15, 0.2) is 24.3 Å². The second-order valence-corrected chi connectivity index (χ2v) is 6.33. The van der Waals surface area contributed by atoms with Crippen molar-refractivity contribution >= 4 is 30.7 Å². The first-order valence-corrected chi connectivity index (χ1v) is 8.46. The van der Waals surface area contributed by atoms with E-state index in [2.05, 4.69) is 30.1 Å². The minimum Gasteiger partial charge on any atom is -0.345 e. The van der Waals surface area contributed by atoms with Crippen LogP contribution >= 0.6 is 24.8 Å². The molecule has 1 aliphatic heterocycles. The Balaban J connectivity index is 0.00000264. The second-order valence-electron chi connectivity index (χ2n) is 6.33. The summed E-state index contributed by atoms with van der Waals surface area (Å²) < 4.78 is 0. The lowest BCUT2D eigenvalue weighted by Crippen LogP contribution is -2.52. The molecule has 1 aromatic rings. The van der Waals surface area contributed by atoms with Gasteiger partial charge in [0.15, 0.2) is 0 Å². The summed E-state index contributed by atoms with van der Waals surface area (Å²) in [5, 5.41) is 3.14. The smallest absolute Gasteiger partial charge is 0.251 e. The molecule has 2 rings (SSSR count). The number of halogens is 2. The largest absolute Gasteiger partial charge is 0.345 e. The fraction of sp³-hybridized carbons (Fsp3) is 0.611. The highest BCUT2D eigenvalue weighted by molar-refractivity contribution is 5.94. The van der Waals surface area contributed by atoms with Gasteiger partial charge in [-0.3, -0.25) is 9.69 Å². The molecule has 1 aliphatic rings. The molecule has 0 spiro atoms. The Morgan fingerprint density at radius 2 is 1.83 bits per heavy atom. The molecular formula is C18H31Cl2N3O. The van der Waals surface area contributed by atoms with Crippen LogP contribution in [0.3, 0.4) is 0 Å². The molecule has 4 nitrogen and oxygen atoms in total. The maximum atomic E-state index is 12.5. The molecule has 1 aromatic carbocycles. The van der Waals surface area contributed by atoms with E-state index in [1.807, 2.05) is 18.2 Å². The minimum atomic E-state index is -0.290. The quantitative estimate of drug-likeness (QED) is 0.767. The van der Waals surface area contributed by atoms with Gasteiger partial charge in [-0.25, -0.2) is 0 Å². The number of benzene rings is 1. The lowest BCUT2D eigenvalue weighted by molar-refractivity contribution is 0.0895. The number of carbonyl (C=O) groups is 1. The van der Waals surface area contributed by atoms with Crippen LogP contribution in [0.4, 0.5) is 0 Å². The Hall–Kier alpha value is -0.810. The average molecular weight is 376 g/mol. The highest BCUT2D eigenvalue weighted by atomic mass is 35.5. The van der Waals surface area contributed by atoms with E-state index in [0.717, 1.165) is 24.9 Å². The zero-order valence-corrected chi connectivity index (χ0v) is 16.3. The third-order valence-corrected chi connectivity index (χ3v) is 4.92. The Labute approximate surface area is 158 Å². The normalized spacial score (nSPS) is 14.6. The molecule has 1 saturated heterocycles. The first-order valence-electron chi connectivity index (χ1n) is 8.46. The Bertz CT molecular complexity index is 493. The van der Waals surface area contributed by atoms with Gasteiger partial charge in [0.2, 0.25) is 0 Å². The highest BCUT2D eigenvalue weighted by Gasteiger charge is 2.26. The first-order chi connectivity index (χ1) is 10.6. The van der Waals surface area contributed by atoms with E-state index in [9.17, 15) is 4.79 Å². The van der Waals surface area contributed by atoms with Crippen molar-refractivity contribution in [3.63, 3.8) is 0 Å². The van der Waals surface area contributed by atoms with Gasteiger partial charge in [0.05, 0.1) is 5.54 Å². The van der Waals surface area contributed by atoms with Crippen molar-refractivity contribution in [3.05, 3.63) is 35.4 Å². The first kappa shape index (κ1) is 23.2. The van der Waals surface area contributed by atoms with Gasteiger partial charge in [0, 0.05) is 18.7 Å². The minimum absolute atomic E-state index is 0. The van der Waals surface area contributed by atoms with Gasteiger partial charge in [-0.1, -0.05) is 26.0 Å². The van der Waals surface area contributed by atoms with Crippen LogP contribution in [0, 0.1) is 0 Å². The van der Waals surface area contributed by atoms with Crippen molar-refractivity contribution in [1.29, 1.82) is 0 Å². The van der Waals surface area contributed by atoms with Crippen molar-refractivity contribution in [2.75, 3.05) is 19.6 Å². The van der Waals surface area contributed by atoms with Gasteiger partial charge in [0.1, 0.15) is 0 Å². The fourth-order valence-corrected chi connectivity index (χ4v) is 3.09. The molecule has 1 heterocycles. The maximum absolute atomic E-state index is 12.5. The molecule has 6 heteroatoms. The SMILES string of the molecule is CCC(CC)(CN)NC(=O)c1cccc(CN2CCCC2)c1.Cl.Cl. The van der Waals surface area contributed by atoms with Gasteiger partial charge in [-0.15, -0.1) is 24.8 Å². The Morgan fingerprint density at radius 3 is 2.38 bits per heavy atom. The van der Waals surface area contributed by atoms with Crippen molar-refractivity contribution in [2.45, 2.75) is 51.6 Å². The van der Waals surface area contributed by atoms with E-state index in [0.29, 0.717) is 6.54 Å². The molecule has 24 heavy (non-hydrogen) atoms. The summed E-state index contributed by atoms with van der Waals surface area (Å²) in [6.07, 6.45) is 4.26. The third-order valence-electron chi connectivity index (χ3n) is 4.92. The summed E-state index contributed by atoms with van der Waals surface area (Å²) in [5.41, 5.74) is 7.52. The molecule has 0 radical (unpaired) electrons.